The molecule has 130 valence electrons. The van der Waals surface area contributed by atoms with Gasteiger partial charge in [0.1, 0.15) is 0 Å². The highest BCUT2D eigenvalue weighted by atomic mass is 16.3. The maximum absolute atomic E-state index is 10.6. The molecule has 26 heavy (non-hydrogen) atoms. The molecule has 3 aromatic rings. The minimum atomic E-state index is -0.0438. The normalized spacial score (nSPS) is 11.2. The summed E-state index contributed by atoms with van der Waals surface area (Å²) in [6, 6.07) is 12.3. The number of nitriles is 1. The van der Waals surface area contributed by atoms with Gasteiger partial charge >= 0.3 is 0 Å². The summed E-state index contributed by atoms with van der Waals surface area (Å²) < 4.78 is 1.33. The van der Waals surface area contributed by atoms with Crippen LogP contribution in [0.4, 0.5) is 0 Å². The van der Waals surface area contributed by atoms with Crippen LogP contribution in [-0.4, -0.2) is 25.7 Å². The first-order chi connectivity index (χ1) is 12.5. The van der Waals surface area contributed by atoms with E-state index >= 15 is 0 Å². The van der Waals surface area contributed by atoms with E-state index in [4.69, 9.17) is 16.8 Å². The molecule has 0 aliphatic carbocycles. The van der Waals surface area contributed by atoms with Gasteiger partial charge in [-0.1, -0.05) is 12.1 Å². The van der Waals surface area contributed by atoms with Crippen LogP contribution in [0.5, 0.6) is 5.88 Å². The first-order valence-corrected chi connectivity index (χ1v) is 7.60. The Morgan fingerprint density at radius 1 is 1.27 bits per heavy atom. The molecule has 0 saturated heterocycles. The highest BCUT2D eigenvalue weighted by Crippen LogP contribution is 2.33. The third kappa shape index (κ3) is 3.04. The fraction of sp³-hybridized carbons (Fsp3) is 0.0588. The van der Waals surface area contributed by atoms with E-state index in [1.165, 1.54) is 10.9 Å². The molecule has 9 nitrogen and oxygen atoms in total. The quantitative estimate of drug-likeness (QED) is 0.237. The molecule has 2 aromatic heterocycles. The van der Waals surface area contributed by atoms with E-state index < -0.39 is 0 Å². The van der Waals surface area contributed by atoms with Crippen LogP contribution in [0.15, 0.2) is 47.7 Å². The summed E-state index contributed by atoms with van der Waals surface area (Å²) in [5, 5.41) is 27.6. The van der Waals surface area contributed by atoms with Crippen molar-refractivity contribution in [3.63, 3.8) is 0 Å². The average Bonchev–Trinajstić information content (AvgIpc) is 2.96. The Kier molecular flexibility index (Phi) is 4.51. The Bertz CT molecular complexity index is 997. The lowest BCUT2D eigenvalue weighted by Crippen LogP contribution is -2.23. The maximum atomic E-state index is 10.6. The zero-order valence-corrected chi connectivity index (χ0v) is 13.9. The third-order valence-electron chi connectivity index (χ3n) is 3.78. The van der Waals surface area contributed by atoms with Gasteiger partial charge in [0.15, 0.2) is 11.7 Å². The van der Waals surface area contributed by atoms with Crippen molar-refractivity contribution < 1.29 is 5.11 Å². The SMILES string of the molecule is Cc1nn(-c2ccc(/C(N)=N/NN)cn2)c(O)c1-c1ccc(C#N)cc1. The smallest absolute Gasteiger partial charge is 0.223 e. The predicted octanol–water partition coefficient (Wildman–Crippen LogP) is 0.904. The Hall–Kier alpha value is -3.90. The molecule has 0 amide bonds. The van der Waals surface area contributed by atoms with Crippen molar-refractivity contribution in [1.82, 2.24) is 20.3 Å². The minimum absolute atomic E-state index is 0.0438. The molecule has 0 saturated carbocycles. The van der Waals surface area contributed by atoms with Gasteiger partial charge in [0, 0.05) is 11.8 Å². The number of hydrazine groups is 1. The monoisotopic (exact) mass is 348 g/mol. The molecule has 2 heterocycles. The maximum Gasteiger partial charge on any atom is 0.223 e. The van der Waals surface area contributed by atoms with Crippen LogP contribution in [-0.2, 0) is 0 Å². The van der Waals surface area contributed by atoms with E-state index in [-0.39, 0.29) is 11.7 Å². The molecule has 0 atom stereocenters. The molecule has 0 aliphatic rings. The summed E-state index contributed by atoms with van der Waals surface area (Å²) in [7, 11) is 0. The van der Waals surface area contributed by atoms with Crippen molar-refractivity contribution in [3.05, 3.63) is 59.4 Å². The van der Waals surface area contributed by atoms with Crippen LogP contribution in [0.25, 0.3) is 16.9 Å². The van der Waals surface area contributed by atoms with Crippen LogP contribution >= 0.6 is 0 Å². The molecule has 0 radical (unpaired) electrons. The van der Waals surface area contributed by atoms with Crippen LogP contribution in [0.3, 0.4) is 0 Å². The number of aromatic nitrogens is 3. The lowest BCUT2D eigenvalue weighted by molar-refractivity contribution is 0.433. The number of amidine groups is 1. The number of hydrogen-bond acceptors (Lipinski definition) is 7. The molecule has 0 unspecified atom stereocenters. The molecule has 0 bridgehead atoms. The lowest BCUT2D eigenvalue weighted by atomic mass is 10.0. The van der Waals surface area contributed by atoms with Crippen LogP contribution in [0.2, 0.25) is 0 Å². The topological polar surface area (TPSA) is 151 Å². The largest absolute Gasteiger partial charge is 0.493 e. The molecule has 0 spiro atoms. The fourth-order valence-electron chi connectivity index (χ4n) is 2.52. The van der Waals surface area contributed by atoms with E-state index in [1.54, 1.807) is 43.3 Å². The Labute approximate surface area is 149 Å². The van der Waals surface area contributed by atoms with Gasteiger partial charge in [-0.25, -0.2) is 16.4 Å². The lowest BCUT2D eigenvalue weighted by Gasteiger charge is -2.05. The molecule has 9 heteroatoms. The van der Waals surface area contributed by atoms with Crippen molar-refractivity contribution in [2.75, 3.05) is 0 Å². The second kappa shape index (κ2) is 6.92. The van der Waals surface area contributed by atoms with E-state index in [9.17, 15) is 5.11 Å². The van der Waals surface area contributed by atoms with Gasteiger partial charge in [-0.3, -0.25) is 0 Å². The molecule has 3 rings (SSSR count). The summed E-state index contributed by atoms with van der Waals surface area (Å²) in [5.41, 5.74) is 10.9. The third-order valence-corrected chi connectivity index (χ3v) is 3.78. The van der Waals surface area contributed by atoms with Crippen LogP contribution in [0.1, 0.15) is 16.8 Å². The number of hydrogen-bond donors (Lipinski definition) is 4. The van der Waals surface area contributed by atoms with Gasteiger partial charge in [-0.2, -0.15) is 15.0 Å². The molecule has 6 N–H and O–H groups in total. The number of nitrogens with one attached hydrogen (secondary N) is 1. The van der Waals surface area contributed by atoms with Gasteiger partial charge in [-0.05, 0) is 36.8 Å². The number of nitrogens with zero attached hydrogens (tertiary/aromatic N) is 5. The predicted molar refractivity (Wildman–Crippen MR) is 96.0 cm³/mol. The minimum Gasteiger partial charge on any atom is -0.493 e. The number of nitrogens with two attached hydrogens (primary N) is 2. The molecular weight excluding hydrogens is 332 g/mol. The zero-order chi connectivity index (χ0) is 18.7. The van der Waals surface area contributed by atoms with E-state index in [0.717, 1.165) is 5.56 Å². The van der Waals surface area contributed by atoms with Crippen molar-refractivity contribution in [2.24, 2.45) is 16.7 Å². The molecule has 0 aliphatic heterocycles. The average molecular weight is 348 g/mol. The van der Waals surface area contributed by atoms with Crippen molar-refractivity contribution in [3.8, 4) is 28.9 Å². The van der Waals surface area contributed by atoms with E-state index in [0.29, 0.717) is 28.2 Å². The van der Waals surface area contributed by atoms with Gasteiger partial charge < -0.3 is 10.8 Å². The first-order valence-electron chi connectivity index (χ1n) is 7.60. The van der Waals surface area contributed by atoms with Gasteiger partial charge in [-0.15, -0.1) is 5.10 Å². The number of aromatic hydroxyl groups is 1. The number of pyridine rings is 1. The summed E-state index contributed by atoms with van der Waals surface area (Å²) in [4.78, 5) is 4.26. The first kappa shape index (κ1) is 16.9. The van der Waals surface area contributed by atoms with Gasteiger partial charge in [0.2, 0.25) is 5.88 Å². The van der Waals surface area contributed by atoms with Gasteiger partial charge in [0.25, 0.3) is 0 Å². The Balaban J connectivity index is 2.00. The number of hydrazone groups is 1. The summed E-state index contributed by atoms with van der Waals surface area (Å²) in [6.45, 7) is 1.79. The van der Waals surface area contributed by atoms with E-state index in [1.807, 2.05) is 0 Å². The van der Waals surface area contributed by atoms with Crippen LogP contribution < -0.4 is 17.1 Å². The van der Waals surface area contributed by atoms with E-state index in [2.05, 4.69) is 26.8 Å². The van der Waals surface area contributed by atoms with Crippen molar-refractivity contribution in [2.45, 2.75) is 6.92 Å². The standard InChI is InChI=1S/C17H16N8O/c1-10-15(12-4-2-11(8-18)3-5-12)17(26)25(23-10)14-7-6-13(9-21-14)16(19)22-24-20/h2-7,9,24,26H,20H2,1H3,(H2,19,22). The Morgan fingerprint density at radius 2 is 2.00 bits per heavy atom. The number of benzene rings is 1. The van der Waals surface area contributed by atoms with Crippen LogP contribution in [0, 0.1) is 18.3 Å². The molecular formula is C17H16N8O. The summed E-state index contributed by atoms with van der Waals surface area (Å²) >= 11 is 0. The van der Waals surface area contributed by atoms with Crippen molar-refractivity contribution in [1.29, 1.82) is 5.26 Å². The zero-order valence-electron chi connectivity index (χ0n) is 13.9. The number of rotatable bonds is 4. The second-order valence-electron chi connectivity index (χ2n) is 5.42. The van der Waals surface area contributed by atoms with Crippen molar-refractivity contribution >= 4 is 5.84 Å². The summed E-state index contributed by atoms with van der Waals surface area (Å²) in [6.07, 6.45) is 1.50. The molecule has 0 fully saturated rings. The number of aryl methyl sites for hydroxylation is 1. The second-order valence-corrected chi connectivity index (χ2v) is 5.42. The molecule has 1 aromatic carbocycles. The fourth-order valence-corrected chi connectivity index (χ4v) is 2.52. The highest BCUT2D eigenvalue weighted by Gasteiger charge is 2.18. The van der Waals surface area contributed by atoms with Gasteiger partial charge in [0.05, 0.1) is 22.9 Å². The summed E-state index contributed by atoms with van der Waals surface area (Å²) in [5.74, 6) is 5.66. The Morgan fingerprint density at radius 3 is 2.58 bits per heavy atom. The highest BCUT2D eigenvalue weighted by molar-refractivity contribution is 5.97.